The first-order valence-corrected chi connectivity index (χ1v) is 5.84. The van der Waals surface area contributed by atoms with Crippen molar-refractivity contribution >= 4 is 17.5 Å². The number of nitrogens with zero attached hydrogens (tertiary/aromatic N) is 4. The molecule has 0 amide bonds. The summed E-state index contributed by atoms with van der Waals surface area (Å²) in [4.78, 5) is 14.2. The number of piperidine rings is 1. The van der Waals surface area contributed by atoms with Crippen LogP contribution in [0.2, 0.25) is 5.28 Å². The summed E-state index contributed by atoms with van der Waals surface area (Å²) in [5.74, 6) is 0.566. The minimum absolute atomic E-state index is 0.153. The van der Waals surface area contributed by atoms with Gasteiger partial charge in [-0.05, 0) is 24.4 Å². The lowest BCUT2D eigenvalue weighted by atomic mass is 10.1. The molecular formula is C10H15ClN4O2. The third kappa shape index (κ3) is 2.95. The third-order valence-corrected chi connectivity index (χ3v) is 2.99. The highest BCUT2D eigenvalue weighted by atomic mass is 35.5. The number of rotatable bonds is 3. The van der Waals surface area contributed by atoms with Crippen molar-refractivity contribution in [2.24, 2.45) is 0 Å². The van der Waals surface area contributed by atoms with Gasteiger partial charge in [0.15, 0.2) is 0 Å². The Morgan fingerprint density at radius 3 is 2.47 bits per heavy atom. The fourth-order valence-electron chi connectivity index (χ4n) is 1.85. The lowest BCUT2D eigenvalue weighted by Gasteiger charge is -2.31. The van der Waals surface area contributed by atoms with E-state index in [1.54, 1.807) is 7.11 Å². The molecule has 1 fully saturated rings. The normalized spacial score (nSPS) is 17.2. The van der Waals surface area contributed by atoms with Crippen molar-refractivity contribution in [1.82, 2.24) is 15.0 Å². The Kier molecular flexibility index (Phi) is 3.96. The predicted molar refractivity (Wildman–Crippen MR) is 63.6 cm³/mol. The monoisotopic (exact) mass is 258 g/mol. The largest absolute Gasteiger partial charge is 0.467 e. The molecule has 0 N–H and O–H groups in total. The Morgan fingerprint density at radius 1 is 1.18 bits per heavy atom. The summed E-state index contributed by atoms with van der Waals surface area (Å²) < 4.78 is 10.3. The molecule has 1 aliphatic rings. The molecule has 0 aliphatic carbocycles. The van der Waals surface area contributed by atoms with E-state index in [1.807, 2.05) is 0 Å². The predicted octanol–water partition coefficient (Wildman–Crippen LogP) is 1.15. The van der Waals surface area contributed by atoms with E-state index in [2.05, 4.69) is 19.9 Å². The van der Waals surface area contributed by atoms with Crippen LogP contribution < -0.4 is 9.64 Å². The molecule has 0 spiro atoms. The second-order valence-electron chi connectivity index (χ2n) is 3.81. The maximum Gasteiger partial charge on any atom is 0.322 e. The zero-order chi connectivity index (χ0) is 12.3. The van der Waals surface area contributed by atoms with Crippen LogP contribution in [-0.2, 0) is 4.74 Å². The van der Waals surface area contributed by atoms with Gasteiger partial charge >= 0.3 is 6.01 Å². The fraction of sp³-hybridized carbons (Fsp3) is 0.700. The van der Waals surface area contributed by atoms with E-state index in [1.165, 1.54) is 7.11 Å². The topological polar surface area (TPSA) is 60.4 Å². The molecule has 1 aliphatic heterocycles. The number of ether oxygens (including phenoxy) is 2. The molecule has 0 atom stereocenters. The van der Waals surface area contributed by atoms with Gasteiger partial charge in [0, 0.05) is 20.2 Å². The Bertz CT molecular complexity index is 383. The van der Waals surface area contributed by atoms with E-state index in [4.69, 9.17) is 21.1 Å². The van der Waals surface area contributed by atoms with Crippen molar-refractivity contribution in [2.45, 2.75) is 18.9 Å². The molecule has 17 heavy (non-hydrogen) atoms. The maximum atomic E-state index is 5.81. The molecule has 0 radical (unpaired) electrons. The van der Waals surface area contributed by atoms with Gasteiger partial charge in [-0.15, -0.1) is 0 Å². The van der Waals surface area contributed by atoms with Gasteiger partial charge in [-0.25, -0.2) is 0 Å². The van der Waals surface area contributed by atoms with E-state index in [9.17, 15) is 0 Å². The molecule has 0 saturated carbocycles. The lowest BCUT2D eigenvalue weighted by Crippen LogP contribution is -2.37. The van der Waals surface area contributed by atoms with Crippen molar-refractivity contribution in [3.63, 3.8) is 0 Å². The Morgan fingerprint density at radius 2 is 1.88 bits per heavy atom. The number of methoxy groups -OCH3 is 2. The van der Waals surface area contributed by atoms with Crippen LogP contribution >= 0.6 is 11.6 Å². The molecule has 2 rings (SSSR count). The first-order valence-electron chi connectivity index (χ1n) is 5.46. The number of hydrogen-bond donors (Lipinski definition) is 0. The van der Waals surface area contributed by atoms with Crippen LogP contribution in [0.1, 0.15) is 12.8 Å². The van der Waals surface area contributed by atoms with Crippen LogP contribution in [0.3, 0.4) is 0 Å². The first kappa shape index (κ1) is 12.3. The van der Waals surface area contributed by atoms with E-state index < -0.39 is 0 Å². The zero-order valence-corrected chi connectivity index (χ0v) is 10.6. The van der Waals surface area contributed by atoms with Gasteiger partial charge in [0.25, 0.3) is 0 Å². The molecule has 0 aromatic carbocycles. The quantitative estimate of drug-likeness (QED) is 0.811. The van der Waals surface area contributed by atoms with Gasteiger partial charge in [0.05, 0.1) is 13.2 Å². The van der Waals surface area contributed by atoms with E-state index in [-0.39, 0.29) is 11.3 Å². The number of hydrogen-bond acceptors (Lipinski definition) is 6. The van der Waals surface area contributed by atoms with Crippen molar-refractivity contribution in [3.8, 4) is 6.01 Å². The number of halogens is 1. The van der Waals surface area contributed by atoms with E-state index >= 15 is 0 Å². The summed E-state index contributed by atoms with van der Waals surface area (Å²) in [5.41, 5.74) is 0. The maximum absolute atomic E-state index is 5.81. The molecule has 94 valence electrons. The lowest BCUT2D eigenvalue weighted by molar-refractivity contribution is 0.0816. The first-order chi connectivity index (χ1) is 8.22. The second-order valence-corrected chi connectivity index (χ2v) is 4.15. The highest BCUT2D eigenvalue weighted by Gasteiger charge is 2.21. The van der Waals surface area contributed by atoms with Gasteiger partial charge < -0.3 is 14.4 Å². The average Bonchev–Trinajstić information content (AvgIpc) is 2.38. The average molecular weight is 259 g/mol. The smallest absolute Gasteiger partial charge is 0.322 e. The van der Waals surface area contributed by atoms with Gasteiger partial charge in [0.2, 0.25) is 11.2 Å². The number of anilines is 1. The highest BCUT2D eigenvalue weighted by molar-refractivity contribution is 6.28. The van der Waals surface area contributed by atoms with Crippen molar-refractivity contribution < 1.29 is 9.47 Å². The van der Waals surface area contributed by atoms with E-state index in [0.29, 0.717) is 12.1 Å². The standard InChI is InChI=1S/C10H15ClN4O2/c1-16-7-3-5-15(6-4-7)9-12-8(11)13-10(14-9)17-2/h7H,3-6H2,1-2H3. The van der Waals surface area contributed by atoms with Crippen LogP contribution in [0.25, 0.3) is 0 Å². The molecule has 1 aromatic heterocycles. The van der Waals surface area contributed by atoms with Crippen LogP contribution in [0.4, 0.5) is 5.95 Å². The van der Waals surface area contributed by atoms with Gasteiger partial charge in [-0.2, -0.15) is 15.0 Å². The molecule has 1 saturated heterocycles. The summed E-state index contributed by atoms with van der Waals surface area (Å²) in [6, 6.07) is 0.244. The molecule has 0 unspecified atom stereocenters. The fourth-order valence-corrected chi connectivity index (χ4v) is 1.99. The Balaban J connectivity index is 2.10. The van der Waals surface area contributed by atoms with Crippen LogP contribution in [0.5, 0.6) is 6.01 Å². The molecule has 0 bridgehead atoms. The van der Waals surface area contributed by atoms with Gasteiger partial charge in [0.1, 0.15) is 0 Å². The van der Waals surface area contributed by atoms with Crippen molar-refractivity contribution in [3.05, 3.63) is 5.28 Å². The Labute approximate surface area is 105 Å². The van der Waals surface area contributed by atoms with Gasteiger partial charge in [-0.3, -0.25) is 0 Å². The molecule has 2 heterocycles. The highest BCUT2D eigenvalue weighted by Crippen LogP contribution is 2.20. The number of aromatic nitrogens is 3. The summed E-state index contributed by atoms with van der Waals surface area (Å²) in [6.45, 7) is 1.70. The molecule has 6 nitrogen and oxygen atoms in total. The van der Waals surface area contributed by atoms with Crippen LogP contribution in [0.15, 0.2) is 0 Å². The summed E-state index contributed by atoms with van der Waals surface area (Å²) in [6.07, 6.45) is 2.25. The van der Waals surface area contributed by atoms with E-state index in [0.717, 1.165) is 25.9 Å². The Hall–Kier alpha value is -1.14. The molecule has 1 aromatic rings. The van der Waals surface area contributed by atoms with Crippen molar-refractivity contribution in [1.29, 1.82) is 0 Å². The summed E-state index contributed by atoms with van der Waals surface area (Å²) in [5, 5.41) is 0.153. The second kappa shape index (κ2) is 5.46. The van der Waals surface area contributed by atoms with Crippen LogP contribution in [-0.4, -0.2) is 48.4 Å². The summed E-state index contributed by atoms with van der Waals surface area (Å²) in [7, 11) is 3.25. The van der Waals surface area contributed by atoms with Gasteiger partial charge in [-0.1, -0.05) is 0 Å². The molecular weight excluding hydrogens is 244 g/mol. The summed E-state index contributed by atoms with van der Waals surface area (Å²) >= 11 is 5.81. The SMILES string of the molecule is COc1nc(Cl)nc(N2CCC(OC)CC2)n1. The van der Waals surface area contributed by atoms with Crippen molar-refractivity contribution in [2.75, 3.05) is 32.2 Å². The zero-order valence-electron chi connectivity index (χ0n) is 9.89. The minimum atomic E-state index is 0.153. The van der Waals surface area contributed by atoms with Crippen LogP contribution in [0, 0.1) is 0 Å². The minimum Gasteiger partial charge on any atom is -0.467 e. The third-order valence-electron chi connectivity index (χ3n) is 2.82. The molecule has 7 heteroatoms.